The maximum absolute atomic E-state index is 13.2. The van der Waals surface area contributed by atoms with E-state index >= 15 is 0 Å². The number of rotatable bonds is 3. The van der Waals surface area contributed by atoms with E-state index in [1.165, 1.54) is 0 Å². The molecular formula is C21H18ClN3O3S. The van der Waals surface area contributed by atoms with Gasteiger partial charge in [0.2, 0.25) is 0 Å². The number of carbonyl (C=O) groups excluding carboxylic acids is 1. The summed E-state index contributed by atoms with van der Waals surface area (Å²) in [6, 6.07) is 10.8. The highest BCUT2D eigenvalue weighted by atomic mass is 35.5. The first-order chi connectivity index (χ1) is 14.2. The molecule has 8 heteroatoms. The number of hydrogen-bond acceptors (Lipinski definition) is 6. The second-order valence-corrected chi connectivity index (χ2v) is 8.05. The van der Waals surface area contributed by atoms with Crippen molar-refractivity contribution >= 4 is 45.8 Å². The average molecular weight is 428 g/mol. The average Bonchev–Trinajstić information content (AvgIpc) is 3.36. The fourth-order valence-corrected chi connectivity index (χ4v) is 4.88. The highest BCUT2D eigenvalue weighted by molar-refractivity contribution is 8.16. The first kappa shape index (κ1) is 18.4. The fourth-order valence-electron chi connectivity index (χ4n) is 3.71. The first-order valence-electron chi connectivity index (χ1n) is 9.27. The molecule has 5 rings (SSSR count). The van der Waals surface area contributed by atoms with Crippen molar-refractivity contribution in [2.24, 2.45) is 4.99 Å². The van der Waals surface area contributed by atoms with Gasteiger partial charge < -0.3 is 19.3 Å². The maximum Gasteiger partial charge on any atom is 0.258 e. The topological polar surface area (TPSA) is 54.4 Å². The van der Waals surface area contributed by atoms with Crippen molar-refractivity contribution in [2.75, 3.05) is 38.3 Å². The van der Waals surface area contributed by atoms with E-state index in [0.29, 0.717) is 40.9 Å². The Labute approximate surface area is 177 Å². The molecule has 0 saturated heterocycles. The summed E-state index contributed by atoms with van der Waals surface area (Å²) in [6.07, 6.45) is 0. The van der Waals surface area contributed by atoms with E-state index in [1.54, 1.807) is 54.1 Å². The normalized spacial score (nSPS) is 17.3. The molecule has 0 aliphatic carbocycles. The minimum absolute atomic E-state index is 0.0939. The van der Waals surface area contributed by atoms with Gasteiger partial charge in [-0.3, -0.25) is 9.79 Å². The summed E-state index contributed by atoms with van der Waals surface area (Å²) in [5.74, 6) is 1.30. The summed E-state index contributed by atoms with van der Waals surface area (Å²) in [5, 5.41) is 3.63. The molecule has 0 radical (unpaired) electrons. The lowest BCUT2D eigenvalue weighted by Gasteiger charge is -2.32. The molecular weight excluding hydrogens is 410 g/mol. The zero-order chi connectivity index (χ0) is 20.0. The van der Waals surface area contributed by atoms with Crippen LogP contribution in [0.5, 0.6) is 11.5 Å². The van der Waals surface area contributed by atoms with Gasteiger partial charge in [-0.05, 0) is 36.4 Å². The number of thioether (sulfide) groups is 1. The maximum atomic E-state index is 13.2. The number of fused-ring (bicyclic) bond motifs is 2. The molecule has 2 aromatic carbocycles. The molecule has 0 saturated carbocycles. The minimum Gasteiger partial charge on any atom is -0.497 e. The van der Waals surface area contributed by atoms with E-state index in [9.17, 15) is 4.79 Å². The highest BCUT2D eigenvalue weighted by Gasteiger charge is 2.33. The number of benzene rings is 2. The second-order valence-electron chi connectivity index (χ2n) is 6.77. The van der Waals surface area contributed by atoms with E-state index in [1.807, 2.05) is 6.07 Å². The lowest BCUT2D eigenvalue weighted by molar-refractivity contribution is 0.0976. The van der Waals surface area contributed by atoms with Crippen LogP contribution in [0.4, 0.5) is 5.69 Å². The Morgan fingerprint density at radius 3 is 2.86 bits per heavy atom. The third-order valence-corrected chi connectivity index (χ3v) is 6.23. The molecule has 0 aromatic heterocycles. The molecule has 6 nitrogen and oxygen atoms in total. The number of amidine groups is 1. The van der Waals surface area contributed by atoms with E-state index in [0.717, 1.165) is 29.5 Å². The number of amides is 1. The Balaban J connectivity index is 1.54. The van der Waals surface area contributed by atoms with Crippen LogP contribution in [-0.2, 0) is 0 Å². The lowest BCUT2D eigenvalue weighted by Crippen LogP contribution is -2.38. The third-order valence-electron chi connectivity index (χ3n) is 5.11. The monoisotopic (exact) mass is 427 g/mol. The van der Waals surface area contributed by atoms with Crippen LogP contribution < -0.4 is 14.4 Å². The van der Waals surface area contributed by atoms with E-state index in [2.05, 4.69) is 15.3 Å². The molecule has 0 atom stereocenters. The molecule has 1 amide bonds. The number of hydrogen-bond donors (Lipinski definition) is 0. The zero-order valence-corrected chi connectivity index (χ0v) is 17.3. The van der Waals surface area contributed by atoms with Crippen LogP contribution in [0, 0.1) is 0 Å². The van der Waals surface area contributed by atoms with Crippen molar-refractivity contribution < 1.29 is 14.3 Å². The van der Waals surface area contributed by atoms with Gasteiger partial charge in [0, 0.05) is 28.1 Å². The standard InChI is InChI=1S/C21H18ClN3O3S/c1-27-15-4-2-13(3-5-15)20(26)24-8-9-28-19-16(10-14(22)11-17(19)24)18-12-29-21-23-6-7-25(18)21/h2-5,10-12H,6-9H2,1H3. The largest absolute Gasteiger partial charge is 0.497 e. The molecule has 3 aliphatic rings. The van der Waals surface area contributed by atoms with Gasteiger partial charge in [-0.2, -0.15) is 0 Å². The van der Waals surface area contributed by atoms with Gasteiger partial charge in [0.15, 0.2) is 10.9 Å². The van der Waals surface area contributed by atoms with Crippen LogP contribution in [0.3, 0.4) is 0 Å². The van der Waals surface area contributed by atoms with Crippen LogP contribution in [0.2, 0.25) is 5.02 Å². The van der Waals surface area contributed by atoms with Gasteiger partial charge in [0.05, 0.1) is 31.6 Å². The molecule has 148 valence electrons. The van der Waals surface area contributed by atoms with E-state index in [-0.39, 0.29) is 5.91 Å². The van der Waals surface area contributed by atoms with Gasteiger partial charge in [-0.1, -0.05) is 23.4 Å². The van der Waals surface area contributed by atoms with Crippen molar-refractivity contribution in [2.45, 2.75) is 0 Å². The second kappa shape index (κ2) is 7.31. The van der Waals surface area contributed by atoms with Gasteiger partial charge in [-0.25, -0.2) is 0 Å². The summed E-state index contributed by atoms with van der Waals surface area (Å²) in [7, 11) is 1.60. The summed E-state index contributed by atoms with van der Waals surface area (Å²) in [5.41, 5.74) is 3.18. The molecule has 0 fully saturated rings. The van der Waals surface area contributed by atoms with Gasteiger partial charge in [0.1, 0.15) is 12.4 Å². The Bertz CT molecular complexity index is 1050. The van der Waals surface area contributed by atoms with Crippen molar-refractivity contribution in [3.05, 3.63) is 58.0 Å². The van der Waals surface area contributed by atoms with Gasteiger partial charge in [0.25, 0.3) is 5.91 Å². The number of anilines is 1. The van der Waals surface area contributed by atoms with Gasteiger partial charge >= 0.3 is 0 Å². The summed E-state index contributed by atoms with van der Waals surface area (Å²) < 4.78 is 11.2. The number of carbonyl (C=O) groups is 1. The molecule has 0 bridgehead atoms. The van der Waals surface area contributed by atoms with Crippen molar-refractivity contribution in [1.29, 1.82) is 0 Å². The molecule has 29 heavy (non-hydrogen) atoms. The lowest BCUT2D eigenvalue weighted by atomic mass is 10.1. The molecule has 0 spiro atoms. The number of ether oxygens (including phenoxy) is 2. The Kier molecular flexibility index (Phi) is 4.64. The Morgan fingerprint density at radius 2 is 2.07 bits per heavy atom. The molecule has 3 aliphatic heterocycles. The van der Waals surface area contributed by atoms with Crippen LogP contribution in [0.1, 0.15) is 15.9 Å². The van der Waals surface area contributed by atoms with Crippen molar-refractivity contribution in [1.82, 2.24) is 4.90 Å². The van der Waals surface area contributed by atoms with Crippen LogP contribution in [0.15, 0.2) is 46.8 Å². The Hall–Kier alpha value is -2.64. The number of aliphatic imine (C=N–C) groups is 1. The number of halogens is 1. The Morgan fingerprint density at radius 1 is 1.24 bits per heavy atom. The molecule has 0 unspecified atom stereocenters. The number of methoxy groups -OCH3 is 1. The predicted molar refractivity (Wildman–Crippen MR) is 116 cm³/mol. The van der Waals surface area contributed by atoms with Crippen molar-refractivity contribution in [3.8, 4) is 11.5 Å². The minimum atomic E-state index is -0.0939. The van der Waals surface area contributed by atoms with Crippen LogP contribution in [-0.4, -0.2) is 49.3 Å². The van der Waals surface area contributed by atoms with Gasteiger partial charge in [-0.15, -0.1) is 0 Å². The van der Waals surface area contributed by atoms with Crippen molar-refractivity contribution in [3.63, 3.8) is 0 Å². The molecule has 0 N–H and O–H groups in total. The van der Waals surface area contributed by atoms with E-state index < -0.39 is 0 Å². The zero-order valence-electron chi connectivity index (χ0n) is 15.7. The molecule has 2 aromatic rings. The smallest absolute Gasteiger partial charge is 0.258 e. The first-order valence-corrected chi connectivity index (χ1v) is 10.5. The SMILES string of the molecule is COc1ccc(C(=O)N2CCOc3c(C4=CSC5=NCCN45)cc(Cl)cc32)cc1. The quantitative estimate of drug-likeness (QED) is 0.738. The van der Waals surface area contributed by atoms with Crippen LogP contribution in [0.25, 0.3) is 5.70 Å². The molecule has 3 heterocycles. The summed E-state index contributed by atoms with van der Waals surface area (Å²) in [4.78, 5) is 21.6. The van der Waals surface area contributed by atoms with E-state index in [4.69, 9.17) is 21.1 Å². The summed E-state index contributed by atoms with van der Waals surface area (Å²) in [6.45, 7) is 2.50. The van der Waals surface area contributed by atoms with Crippen LogP contribution >= 0.6 is 23.4 Å². The predicted octanol–water partition coefficient (Wildman–Crippen LogP) is 4.10. The highest BCUT2D eigenvalue weighted by Crippen LogP contribution is 2.45. The summed E-state index contributed by atoms with van der Waals surface area (Å²) >= 11 is 8.07. The fraction of sp³-hybridized carbons (Fsp3) is 0.238. The number of nitrogens with zero attached hydrogens (tertiary/aromatic N) is 3. The third kappa shape index (κ3) is 3.14.